The van der Waals surface area contributed by atoms with Crippen molar-refractivity contribution in [3.8, 4) is 5.75 Å². The summed E-state index contributed by atoms with van der Waals surface area (Å²) < 4.78 is 5.39. The van der Waals surface area contributed by atoms with E-state index in [0.717, 1.165) is 0 Å². The SMILES string of the molecule is O=C(Oc1ccccc1)N(c1ccccc1)c1ccn[nH]1. The van der Waals surface area contributed by atoms with Crippen LogP contribution in [0.1, 0.15) is 0 Å². The van der Waals surface area contributed by atoms with Crippen LogP contribution in [0.2, 0.25) is 0 Å². The van der Waals surface area contributed by atoms with Gasteiger partial charge in [0.2, 0.25) is 0 Å². The number of H-pyrrole nitrogens is 1. The lowest BCUT2D eigenvalue weighted by atomic mass is 10.3. The zero-order chi connectivity index (χ0) is 14.5. The maximum absolute atomic E-state index is 12.5. The molecule has 5 nitrogen and oxygen atoms in total. The lowest BCUT2D eigenvalue weighted by Crippen LogP contribution is -2.29. The normalized spacial score (nSPS) is 10.1. The van der Waals surface area contributed by atoms with Gasteiger partial charge in [-0.15, -0.1) is 0 Å². The molecule has 0 saturated heterocycles. The number of nitrogens with one attached hydrogen (secondary N) is 1. The molecular formula is C16H13N3O2. The zero-order valence-electron chi connectivity index (χ0n) is 11.1. The Bertz CT molecular complexity index is 697. The van der Waals surface area contributed by atoms with Crippen molar-refractivity contribution in [3.63, 3.8) is 0 Å². The lowest BCUT2D eigenvalue weighted by Gasteiger charge is -2.20. The molecule has 0 bridgehead atoms. The van der Waals surface area contributed by atoms with Crippen LogP contribution in [0.15, 0.2) is 72.9 Å². The average molecular weight is 279 g/mol. The molecule has 1 amide bonds. The van der Waals surface area contributed by atoms with Crippen LogP contribution in [0, 0.1) is 0 Å². The molecule has 2 aromatic carbocycles. The smallest absolute Gasteiger partial charge is 0.410 e. The molecule has 0 atom stereocenters. The molecule has 0 saturated carbocycles. The number of rotatable bonds is 3. The number of anilines is 2. The molecule has 0 radical (unpaired) electrons. The van der Waals surface area contributed by atoms with Gasteiger partial charge in [0.15, 0.2) is 0 Å². The van der Waals surface area contributed by atoms with Crippen LogP contribution in [0.4, 0.5) is 16.3 Å². The summed E-state index contributed by atoms with van der Waals surface area (Å²) in [5.41, 5.74) is 0.697. The first kappa shape index (κ1) is 12.9. The standard InChI is InChI=1S/C16H13N3O2/c20-16(21-14-9-5-2-6-10-14)19(15-11-12-17-18-15)13-7-3-1-4-8-13/h1-12H,(H,17,18). The van der Waals surface area contributed by atoms with Crippen LogP contribution in [-0.4, -0.2) is 16.3 Å². The maximum Gasteiger partial charge on any atom is 0.425 e. The molecule has 21 heavy (non-hydrogen) atoms. The van der Waals surface area contributed by atoms with Crippen molar-refractivity contribution in [2.45, 2.75) is 0 Å². The number of nitrogens with zero attached hydrogens (tertiary/aromatic N) is 2. The minimum atomic E-state index is -0.503. The van der Waals surface area contributed by atoms with E-state index in [-0.39, 0.29) is 0 Å². The van der Waals surface area contributed by atoms with Gasteiger partial charge in [-0.2, -0.15) is 5.10 Å². The minimum Gasteiger partial charge on any atom is -0.410 e. The van der Waals surface area contributed by atoms with Gasteiger partial charge in [-0.05, 0) is 24.3 Å². The molecule has 104 valence electrons. The largest absolute Gasteiger partial charge is 0.425 e. The summed E-state index contributed by atoms with van der Waals surface area (Å²) in [6, 6.07) is 19.9. The van der Waals surface area contributed by atoms with Crippen LogP contribution in [0.5, 0.6) is 5.75 Å². The number of carbonyl (C=O) groups excluding carboxylic acids is 1. The number of hydrogen-bond donors (Lipinski definition) is 1. The van der Waals surface area contributed by atoms with E-state index >= 15 is 0 Å². The number of carbonyl (C=O) groups is 1. The Morgan fingerprint density at radius 3 is 2.24 bits per heavy atom. The topological polar surface area (TPSA) is 58.2 Å². The molecule has 5 heteroatoms. The molecule has 0 aliphatic carbocycles. The van der Waals surface area contributed by atoms with E-state index in [1.807, 2.05) is 48.5 Å². The molecule has 0 spiro atoms. The maximum atomic E-state index is 12.5. The number of hydrogen-bond acceptors (Lipinski definition) is 3. The summed E-state index contributed by atoms with van der Waals surface area (Å²) in [7, 11) is 0. The van der Waals surface area contributed by atoms with Crippen LogP contribution in [0.25, 0.3) is 0 Å². The summed E-state index contributed by atoms with van der Waals surface area (Å²) >= 11 is 0. The highest BCUT2D eigenvalue weighted by Gasteiger charge is 2.21. The van der Waals surface area contributed by atoms with Crippen molar-refractivity contribution in [2.75, 3.05) is 4.90 Å². The third-order valence-electron chi connectivity index (χ3n) is 2.87. The van der Waals surface area contributed by atoms with Gasteiger partial charge < -0.3 is 4.74 Å². The molecule has 0 aliphatic heterocycles. The third kappa shape index (κ3) is 2.92. The highest BCUT2D eigenvalue weighted by molar-refractivity contribution is 5.95. The average Bonchev–Trinajstić information content (AvgIpc) is 3.03. The molecule has 1 N–H and O–H groups in total. The van der Waals surface area contributed by atoms with E-state index < -0.39 is 6.09 Å². The second-order valence-corrected chi connectivity index (χ2v) is 4.29. The summed E-state index contributed by atoms with van der Waals surface area (Å²) in [6.45, 7) is 0. The molecule has 0 unspecified atom stereocenters. The fourth-order valence-electron chi connectivity index (χ4n) is 1.93. The van der Waals surface area contributed by atoms with Crippen molar-refractivity contribution in [3.05, 3.63) is 72.9 Å². The fraction of sp³-hybridized carbons (Fsp3) is 0. The third-order valence-corrected chi connectivity index (χ3v) is 2.87. The number of para-hydroxylation sites is 2. The van der Waals surface area contributed by atoms with Gasteiger partial charge in [0.25, 0.3) is 0 Å². The van der Waals surface area contributed by atoms with Gasteiger partial charge in [0, 0.05) is 6.07 Å². The van der Waals surface area contributed by atoms with Gasteiger partial charge in [-0.1, -0.05) is 36.4 Å². The Balaban J connectivity index is 1.91. The first-order valence-electron chi connectivity index (χ1n) is 6.46. The van der Waals surface area contributed by atoms with E-state index in [1.54, 1.807) is 24.4 Å². The highest BCUT2D eigenvalue weighted by Crippen LogP contribution is 2.24. The number of benzene rings is 2. The van der Waals surface area contributed by atoms with Crippen LogP contribution < -0.4 is 9.64 Å². The summed E-state index contributed by atoms with van der Waals surface area (Å²) in [5, 5.41) is 6.66. The minimum absolute atomic E-state index is 0.489. The van der Waals surface area contributed by atoms with Crippen LogP contribution in [0.3, 0.4) is 0 Å². The number of aromatic nitrogens is 2. The molecule has 1 aromatic heterocycles. The van der Waals surface area contributed by atoms with Crippen molar-refractivity contribution in [1.29, 1.82) is 0 Å². The Kier molecular flexibility index (Phi) is 3.64. The quantitative estimate of drug-likeness (QED) is 0.794. The molecule has 3 aromatic rings. The monoisotopic (exact) mass is 279 g/mol. The number of ether oxygens (including phenoxy) is 1. The second-order valence-electron chi connectivity index (χ2n) is 4.29. The van der Waals surface area contributed by atoms with Gasteiger partial charge >= 0.3 is 6.09 Å². The van der Waals surface area contributed by atoms with Gasteiger partial charge in [0.1, 0.15) is 11.6 Å². The van der Waals surface area contributed by atoms with E-state index in [4.69, 9.17) is 4.74 Å². The Morgan fingerprint density at radius 1 is 0.952 bits per heavy atom. The predicted molar refractivity (Wildman–Crippen MR) is 79.6 cm³/mol. The van der Waals surface area contributed by atoms with Crippen molar-refractivity contribution >= 4 is 17.6 Å². The molecular weight excluding hydrogens is 266 g/mol. The van der Waals surface area contributed by atoms with Gasteiger partial charge in [-0.25, -0.2) is 9.69 Å². The summed E-state index contributed by atoms with van der Waals surface area (Å²) in [4.78, 5) is 13.9. The Morgan fingerprint density at radius 2 is 1.62 bits per heavy atom. The van der Waals surface area contributed by atoms with Gasteiger partial charge in [0.05, 0.1) is 11.9 Å². The van der Waals surface area contributed by atoms with Crippen molar-refractivity contribution in [1.82, 2.24) is 10.2 Å². The van der Waals surface area contributed by atoms with E-state index in [0.29, 0.717) is 17.3 Å². The van der Waals surface area contributed by atoms with E-state index in [2.05, 4.69) is 10.2 Å². The Hall–Kier alpha value is -3.08. The van der Waals surface area contributed by atoms with Crippen LogP contribution >= 0.6 is 0 Å². The lowest BCUT2D eigenvalue weighted by molar-refractivity contribution is 0.210. The molecule has 1 heterocycles. The van der Waals surface area contributed by atoms with Crippen molar-refractivity contribution in [2.24, 2.45) is 0 Å². The first-order valence-corrected chi connectivity index (χ1v) is 6.46. The van der Waals surface area contributed by atoms with Crippen LogP contribution in [-0.2, 0) is 0 Å². The number of amides is 1. The van der Waals surface area contributed by atoms with Crippen molar-refractivity contribution < 1.29 is 9.53 Å². The van der Waals surface area contributed by atoms with E-state index in [9.17, 15) is 4.79 Å². The summed E-state index contributed by atoms with van der Waals surface area (Å²) in [6.07, 6.45) is 1.08. The first-order chi connectivity index (χ1) is 10.3. The fourth-order valence-corrected chi connectivity index (χ4v) is 1.93. The van der Waals surface area contributed by atoms with E-state index in [1.165, 1.54) is 4.90 Å². The number of aromatic amines is 1. The summed E-state index contributed by atoms with van der Waals surface area (Å²) in [5.74, 6) is 1.03. The predicted octanol–water partition coefficient (Wildman–Crippen LogP) is 3.75. The zero-order valence-corrected chi connectivity index (χ0v) is 11.1. The molecule has 0 aliphatic rings. The second kappa shape index (κ2) is 5.92. The Labute approximate surface area is 121 Å². The molecule has 0 fully saturated rings. The van der Waals surface area contributed by atoms with Gasteiger partial charge in [-0.3, -0.25) is 5.10 Å². The highest BCUT2D eigenvalue weighted by atomic mass is 16.6. The molecule has 3 rings (SSSR count).